The summed E-state index contributed by atoms with van der Waals surface area (Å²) in [6.45, 7) is 0.959. The van der Waals surface area contributed by atoms with E-state index in [0.717, 1.165) is 17.2 Å². The topological polar surface area (TPSA) is 64.3 Å². The molecule has 1 heterocycles. The Labute approximate surface area is 145 Å². The van der Waals surface area contributed by atoms with E-state index in [0.29, 0.717) is 24.6 Å². The lowest BCUT2D eigenvalue weighted by molar-refractivity contribution is -0.131. The Morgan fingerprint density at radius 2 is 1.68 bits per heavy atom. The number of hydrogen-bond donors (Lipinski definition) is 1. The van der Waals surface area contributed by atoms with Gasteiger partial charge >= 0.3 is 5.97 Å². The van der Waals surface area contributed by atoms with Crippen molar-refractivity contribution >= 4 is 12.0 Å². The number of carboxylic acid groups (broad SMARTS) is 1. The van der Waals surface area contributed by atoms with Crippen LogP contribution in [0.5, 0.6) is 5.88 Å². The number of nitrogens with zero attached hydrogens (tertiary/aromatic N) is 2. The van der Waals surface area contributed by atoms with Gasteiger partial charge in [-0.25, -0.2) is 4.79 Å². The van der Waals surface area contributed by atoms with Crippen molar-refractivity contribution in [3.05, 3.63) is 89.6 Å². The number of aromatic nitrogens is 2. The highest BCUT2D eigenvalue weighted by Crippen LogP contribution is 2.20. The average molecular weight is 334 g/mol. The van der Waals surface area contributed by atoms with Crippen molar-refractivity contribution in [3.8, 4) is 5.88 Å². The van der Waals surface area contributed by atoms with Crippen molar-refractivity contribution in [1.29, 1.82) is 0 Å². The third kappa shape index (κ3) is 4.81. The number of carboxylic acids is 1. The van der Waals surface area contributed by atoms with Gasteiger partial charge in [-0.3, -0.25) is 4.68 Å². The summed E-state index contributed by atoms with van der Waals surface area (Å²) in [6, 6.07) is 19.7. The normalized spacial score (nSPS) is 10.9. The lowest BCUT2D eigenvalue weighted by Gasteiger charge is -2.04. The average Bonchev–Trinajstić information content (AvgIpc) is 3.01. The molecule has 1 N–H and O–H groups in total. The zero-order chi connectivity index (χ0) is 17.5. The van der Waals surface area contributed by atoms with Gasteiger partial charge < -0.3 is 9.84 Å². The lowest BCUT2D eigenvalue weighted by atomic mass is 10.2. The Morgan fingerprint density at radius 1 is 1.04 bits per heavy atom. The summed E-state index contributed by atoms with van der Waals surface area (Å²) in [7, 11) is 0. The fraction of sp³-hybridized carbons (Fsp3) is 0.100. The highest BCUT2D eigenvalue weighted by molar-refractivity contribution is 5.85. The van der Waals surface area contributed by atoms with Crippen molar-refractivity contribution < 1.29 is 14.6 Å². The maximum Gasteiger partial charge on any atom is 0.328 e. The fourth-order valence-electron chi connectivity index (χ4n) is 2.38. The molecule has 2 aromatic carbocycles. The number of ether oxygens (including phenoxy) is 1. The SMILES string of the molecule is O=C(O)C=Cc1cn(Cc2ccccc2)nc1OCc1ccccc1. The molecule has 0 amide bonds. The second kappa shape index (κ2) is 7.97. The summed E-state index contributed by atoms with van der Waals surface area (Å²) in [5, 5.41) is 13.3. The number of hydrogen-bond acceptors (Lipinski definition) is 3. The Balaban J connectivity index is 1.79. The van der Waals surface area contributed by atoms with E-state index < -0.39 is 5.97 Å². The molecule has 0 saturated carbocycles. The molecule has 0 bridgehead atoms. The summed E-state index contributed by atoms with van der Waals surface area (Å²) in [5.41, 5.74) is 2.76. The third-order valence-corrected chi connectivity index (χ3v) is 3.57. The van der Waals surface area contributed by atoms with Crippen molar-refractivity contribution in [2.75, 3.05) is 0 Å². The molecular formula is C20H18N2O3. The largest absolute Gasteiger partial charge is 0.478 e. The molecule has 0 unspecified atom stereocenters. The van der Waals surface area contributed by atoms with Gasteiger partial charge in [0.1, 0.15) is 6.61 Å². The maximum absolute atomic E-state index is 10.8. The van der Waals surface area contributed by atoms with Gasteiger partial charge in [0.05, 0.1) is 12.1 Å². The molecule has 0 saturated heterocycles. The molecule has 0 fully saturated rings. The van der Waals surface area contributed by atoms with Crippen molar-refractivity contribution in [2.24, 2.45) is 0 Å². The minimum Gasteiger partial charge on any atom is -0.478 e. The Kier molecular flexibility index (Phi) is 5.26. The molecule has 5 heteroatoms. The van der Waals surface area contributed by atoms with E-state index in [1.54, 1.807) is 10.9 Å². The molecule has 0 aliphatic carbocycles. The summed E-state index contributed by atoms with van der Waals surface area (Å²) in [6.07, 6.45) is 4.36. The summed E-state index contributed by atoms with van der Waals surface area (Å²) < 4.78 is 7.54. The Morgan fingerprint density at radius 3 is 2.32 bits per heavy atom. The first-order chi connectivity index (χ1) is 12.2. The zero-order valence-corrected chi connectivity index (χ0v) is 13.6. The molecule has 0 aliphatic rings. The monoisotopic (exact) mass is 334 g/mol. The molecule has 3 rings (SSSR count). The fourth-order valence-corrected chi connectivity index (χ4v) is 2.38. The van der Waals surface area contributed by atoms with Crippen LogP contribution in [-0.4, -0.2) is 20.9 Å². The first-order valence-corrected chi connectivity index (χ1v) is 7.90. The third-order valence-electron chi connectivity index (χ3n) is 3.57. The van der Waals surface area contributed by atoms with E-state index in [-0.39, 0.29) is 0 Å². The second-order valence-corrected chi connectivity index (χ2v) is 5.52. The molecule has 0 aliphatic heterocycles. The molecule has 126 valence electrons. The van der Waals surface area contributed by atoms with E-state index in [2.05, 4.69) is 5.10 Å². The predicted molar refractivity (Wildman–Crippen MR) is 95.2 cm³/mol. The summed E-state index contributed by atoms with van der Waals surface area (Å²) in [5.74, 6) is -0.595. The minimum atomic E-state index is -1.01. The zero-order valence-electron chi connectivity index (χ0n) is 13.6. The molecule has 3 aromatic rings. The maximum atomic E-state index is 10.8. The van der Waals surface area contributed by atoms with Crippen LogP contribution < -0.4 is 4.74 Å². The summed E-state index contributed by atoms with van der Waals surface area (Å²) >= 11 is 0. The predicted octanol–water partition coefficient (Wildman–Crippen LogP) is 3.61. The van der Waals surface area contributed by atoms with Crippen LogP contribution in [-0.2, 0) is 17.9 Å². The van der Waals surface area contributed by atoms with Crippen LogP contribution in [0.1, 0.15) is 16.7 Å². The van der Waals surface area contributed by atoms with Gasteiger partial charge in [-0.1, -0.05) is 60.7 Å². The van der Waals surface area contributed by atoms with Gasteiger partial charge in [0.25, 0.3) is 0 Å². The molecule has 5 nitrogen and oxygen atoms in total. The molecule has 1 aromatic heterocycles. The molecule has 25 heavy (non-hydrogen) atoms. The lowest BCUT2D eigenvalue weighted by Crippen LogP contribution is -2.01. The van der Waals surface area contributed by atoms with Crippen LogP contribution in [0, 0.1) is 0 Å². The molecular weight excluding hydrogens is 316 g/mol. The number of benzene rings is 2. The number of rotatable bonds is 7. The van der Waals surface area contributed by atoms with Crippen molar-refractivity contribution in [3.63, 3.8) is 0 Å². The van der Waals surface area contributed by atoms with Crippen molar-refractivity contribution in [1.82, 2.24) is 9.78 Å². The van der Waals surface area contributed by atoms with E-state index in [4.69, 9.17) is 9.84 Å². The van der Waals surface area contributed by atoms with Crippen LogP contribution in [0.4, 0.5) is 0 Å². The molecule has 0 atom stereocenters. The molecule has 0 radical (unpaired) electrons. The first kappa shape index (κ1) is 16.5. The smallest absolute Gasteiger partial charge is 0.328 e. The van der Waals surface area contributed by atoms with Gasteiger partial charge in [-0.15, -0.1) is 5.10 Å². The highest BCUT2D eigenvalue weighted by Gasteiger charge is 2.09. The van der Waals surface area contributed by atoms with E-state index in [1.165, 1.54) is 6.08 Å². The van der Waals surface area contributed by atoms with E-state index in [9.17, 15) is 4.79 Å². The van der Waals surface area contributed by atoms with Crippen LogP contribution in [0.2, 0.25) is 0 Å². The van der Waals surface area contributed by atoms with E-state index in [1.807, 2.05) is 60.7 Å². The van der Waals surface area contributed by atoms with Crippen molar-refractivity contribution in [2.45, 2.75) is 13.2 Å². The van der Waals surface area contributed by atoms with Gasteiger partial charge in [0, 0.05) is 12.3 Å². The second-order valence-electron chi connectivity index (χ2n) is 5.52. The van der Waals surface area contributed by atoms with Crippen LogP contribution in [0.3, 0.4) is 0 Å². The van der Waals surface area contributed by atoms with Crippen LogP contribution in [0.25, 0.3) is 6.08 Å². The highest BCUT2D eigenvalue weighted by atomic mass is 16.5. The standard InChI is InChI=1S/C20H18N2O3/c23-19(24)12-11-18-14-22(13-16-7-3-1-4-8-16)21-20(18)25-15-17-9-5-2-6-10-17/h1-12,14H,13,15H2,(H,23,24). The van der Waals surface area contributed by atoms with Crippen LogP contribution >= 0.6 is 0 Å². The summed E-state index contributed by atoms with van der Waals surface area (Å²) in [4.78, 5) is 10.8. The quantitative estimate of drug-likeness (QED) is 0.671. The van der Waals surface area contributed by atoms with Gasteiger partial charge in [-0.05, 0) is 17.2 Å². The Bertz CT molecular complexity index is 855. The number of aliphatic carboxylic acids is 1. The Hall–Kier alpha value is -3.34. The van der Waals surface area contributed by atoms with Gasteiger partial charge in [0.15, 0.2) is 0 Å². The van der Waals surface area contributed by atoms with Crippen LogP contribution in [0.15, 0.2) is 72.9 Å². The van der Waals surface area contributed by atoms with Gasteiger partial charge in [0.2, 0.25) is 5.88 Å². The molecule has 0 spiro atoms. The van der Waals surface area contributed by atoms with Gasteiger partial charge in [-0.2, -0.15) is 0 Å². The minimum absolute atomic E-state index is 0.372. The van der Waals surface area contributed by atoms with E-state index >= 15 is 0 Å². The number of carbonyl (C=O) groups is 1. The first-order valence-electron chi connectivity index (χ1n) is 7.90.